The molecule has 0 aliphatic carbocycles. The van der Waals surface area contributed by atoms with Gasteiger partial charge in [-0.2, -0.15) is 4.72 Å². The van der Waals surface area contributed by atoms with E-state index in [-0.39, 0.29) is 23.1 Å². The molecule has 9 heteroatoms. The van der Waals surface area contributed by atoms with Crippen LogP contribution in [0.15, 0.2) is 77.7 Å². The van der Waals surface area contributed by atoms with Crippen LogP contribution in [0, 0.1) is 0 Å². The van der Waals surface area contributed by atoms with Gasteiger partial charge in [-0.05, 0) is 48.7 Å². The highest BCUT2D eigenvalue weighted by Gasteiger charge is 2.28. The van der Waals surface area contributed by atoms with Crippen LogP contribution in [0.25, 0.3) is 0 Å². The van der Waals surface area contributed by atoms with Crippen molar-refractivity contribution in [1.82, 2.24) is 10.0 Å². The number of carbonyl (C=O) groups is 1. The second-order valence-electron chi connectivity index (χ2n) is 7.66. The number of hydrogen-bond donors (Lipinski definition) is 2. The van der Waals surface area contributed by atoms with Crippen molar-refractivity contribution in [3.05, 3.63) is 88.9 Å². The van der Waals surface area contributed by atoms with E-state index in [4.69, 9.17) is 21.1 Å². The molecule has 3 aromatic rings. The number of sulfonamides is 1. The number of halogens is 1. The van der Waals surface area contributed by atoms with Gasteiger partial charge in [0.1, 0.15) is 6.04 Å². The third-order valence-corrected chi connectivity index (χ3v) is 7.01. The fourth-order valence-corrected chi connectivity index (χ4v) is 4.76. The largest absolute Gasteiger partial charge is 0.493 e. The van der Waals surface area contributed by atoms with E-state index in [0.717, 1.165) is 11.1 Å². The normalized spacial score (nSPS) is 13.1. The van der Waals surface area contributed by atoms with Crippen LogP contribution in [0.5, 0.6) is 11.5 Å². The number of carbonyl (C=O) groups excluding carboxylic acids is 1. The van der Waals surface area contributed by atoms with E-state index in [9.17, 15) is 13.2 Å². The van der Waals surface area contributed by atoms with Crippen molar-refractivity contribution >= 4 is 27.5 Å². The van der Waals surface area contributed by atoms with Gasteiger partial charge in [0.15, 0.2) is 11.5 Å². The number of rotatable bonds is 10. The van der Waals surface area contributed by atoms with Crippen LogP contribution < -0.4 is 19.5 Å². The summed E-state index contributed by atoms with van der Waals surface area (Å²) in [5, 5.41) is 3.49. The van der Waals surface area contributed by atoms with Gasteiger partial charge in [-0.1, -0.05) is 54.1 Å². The van der Waals surface area contributed by atoms with Crippen molar-refractivity contribution in [2.75, 3.05) is 14.2 Å². The lowest BCUT2D eigenvalue weighted by molar-refractivity contribution is -0.123. The highest BCUT2D eigenvalue weighted by Crippen LogP contribution is 2.29. The Kier molecular flexibility index (Phi) is 8.55. The first-order valence-electron chi connectivity index (χ1n) is 10.6. The zero-order chi connectivity index (χ0) is 24.7. The molecule has 0 radical (unpaired) electrons. The zero-order valence-corrected chi connectivity index (χ0v) is 20.7. The number of methoxy groups -OCH3 is 2. The third-order valence-electron chi connectivity index (χ3n) is 5.29. The highest BCUT2D eigenvalue weighted by molar-refractivity contribution is 7.89. The Morgan fingerprint density at radius 1 is 0.941 bits per heavy atom. The predicted molar refractivity (Wildman–Crippen MR) is 132 cm³/mol. The monoisotopic (exact) mass is 502 g/mol. The van der Waals surface area contributed by atoms with E-state index in [2.05, 4.69) is 10.0 Å². The minimum Gasteiger partial charge on any atom is -0.493 e. The second kappa shape index (κ2) is 11.4. The van der Waals surface area contributed by atoms with E-state index < -0.39 is 22.0 Å². The van der Waals surface area contributed by atoms with E-state index in [0.29, 0.717) is 10.8 Å². The van der Waals surface area contributed by atoms with Gasteiger partial charge in [0, 0.05) is 11.1 Å². The summed E-state index contributed by atoms with van der Waals surface area (Å²) >= 11 is 5.95. The van der Waals surface area contributed by atoms with Crippen LogP contribution in [0.4, 0.5) is 0 Å². The maximum Gasteiger partial charge on any atom is 0.241 e. The average Bonchev–Trinajstić information content (AvgIpc) is 2.84. The van der Waals surface area contributed by atoms with Crippen LogP contribution in [0.2, 0.25) is 5.02 Å². The summed E-state index contributed by atoms with van der Waals surface area (Å²) in [5.41, 5.74) is 1.66. The van der Waals surface area contributed by atoms with Crippen molar-refractivity contribution < 1.29 is 22.7 Å². The molecule has 2 atom stereocenters. The van der Waals surface area contributed by atoms with Crippen molar-refractivity contribution in [3.63, 3.8) is 0 Å². The first kappa shape index (κ1) is 25.6. The van der Waals surface area contributed by atoms with E-state index in [1.807, 2.05) is 49.4 Å². The molecule has 0 fully saturated rings. The number of ether oxygens (including phenoxy) is 2. The lowest BCUT2D eigenvalue weighted by atomic mass is 10.0. The van der Waals surface area contributed by atoms with Gasteiger partial charge in [0.05, 0.1) is 25.2 Å². The van der Waals surface area contributed by atoms with Gasteiger partial charge in [0.2, 0.25) is 15.9 Å². The summed E-state index contributed by atoms with van der Waals surface area (Å²) in [4.78, 5) is 13.2. The summed E-state index contributed by atoms with van der Waals surface area (Å²) in [6.45, 7) is 1.82. The smallest absolute Gasteiger partial charge is 0.241 e. The fraction of sp³-hybridized carbons (Fsp3) is 0.240. The Labute approximate surface area is 205 Å². The first-order valence-corrected chi connectivity index (χ1v) is 12.4. The molecule has 0 aliphatic heterocycles. The molecule has 0 aliphatic rings. The van der Waals surface area contributed by atoms with Crippen molar-refractivity contribution in [1.29, 1.82) is 0 Å². The number of benzene rings is 3. The SMILES string of the molecule is COc1ccc(S(=O)(=O)NC(Cc2ccccc2)C(=O)NC(C)c2ccc(Cl)cc2)cc1OC. The van der Waals surface area contributed by atoms with Gasteiger partial charge in [0.25, 0.3) is 0 Å². The molecule has 0 heterocycles. The molecule has 2 N–H and O–H groups in total. The fourth-order valence-electron chi connectivity index (χ4n) is 3.43. The summed E-state index contributed by atoms with van der Waals surface area (Å²) in [6.07, 6.45) is 0.173. The number of hydrogen-bond acceptors (Lipinski definition) is 5. The van der Waals surface area contributed by atoms with Gasteiger partial charge in [-0.15, -0.1) is 0 Å². The van der Waals surface area contributed by atoms with Crippen molar-refractivity contribution in [3.8, 4) is 11.5 Å². The van der Waals surface area contributed by atoms with Gasteiger partial charge >= 0.3 is 0 Å². The highest BCUT2D eigenvalue weighted by atomic mass is 35.5. The topological polar surface area (TPSA) is 93.7 Å². The molecule has 3 aromatic carbocycles. The van der Waals surface area contributed by atoms with Crippen LogP contribution in [-0.2, 0) is 21.2 Å². The van der Waals surface area contributed by atoms with Crippen molar-refractivity contribution in [2.24, 2.45) is 0 Å². The van der Waals surface area contributed by atoms with Gasteiger partial charge < -0.3 is 14.8 Å². The molecular formula is C25H27ClN2O5S. The molecular weight excluding hydrogens is 476 g/mol. The average molecular weight is 503 g/mol. The second-order valence-corrected chi connectivity index (χ2v) is 9.81. The van der Waals surface area contributed by atoms with Crippen molar-refractivity contribution in [2.45, 2.75) is 30.3 Å². The zero-order valence-electron chi connectivity index (χ0n) is 19.1. The summed E-state index contributed by atoms with van der Waals surface area (Å²) in [7, 11) is -1.17. The van der Waals surface area contributed by atoms with E-state index >= 15 is 0 Å². The maximum atomic E-state index is 13.2. The molecule has 0 spiro atoms. The third kappa shape index (κ3) is 6.50. The van der Waals surface area contributed by atoms with Crippen LogP contribution in [0.3, 0.4) is 0 Å². The molecule has 0 saturated carbocycles. The number of nitrogens with one attached hydrogen (secondary N) is 2. The predicted octanol–water partition coefficient (Wildman–Crippen LogP) is 4.12. The number of amides is 1. The molecule has 180 valence electrons. The maximum absolute atomic E-state index is 13.2. The molecule has 0 saturated heterocycles. The van der Waals surface area contributed by atoms with Crippen LogP contribution in [0.1, 0.15) is 24.1 Å². The van der Waals surface area contributed by atoms with E-state index in [1.165, 1.54) is 32.4 Å². The van der Waals surface area contributed by atoms with Gasteiger partial charge in [-0.25, -0.2) is 8.42 Å². The molecule has 2 unspecified atom stereocenters. The minimum atomic E-state index is -4.05. The lowest BCUT2D eigenvalue weighted by Gasteiger charge is -2.22. The minimum absolute atomic E-state index is 0.0400. The first-order chi connectivity index (χ1) is 16.2. The molecule has 1 amide bonds. The van der Waals surface area contributed by atoms with Crippen LogP contribution in [-0.4, -0.2) is 34.6 Å². The Morgan fingerprint density at radius 2 is 1.59 bits per heavy atom. The Bertz CT molecular complexity index is 1220. The van der Waals surface area contributed by atoms with E-state index in [1.54, 1.807) is 12.1 Å². The standard InChI is InChI=1S/C25H27ClN2O5S/c1-17(19-9-11-20(26)12-10-19)27-25(29)22(15-18-7-5-4-6-8-18)28-34(30,31)21-13-14-23(32-2)24(16-21)33-3/h4-14,16-17,22,28H,15H2,1-3H3,(H,27,29). The summed E-state index contributed by atoms with van der Waals surface area (Å²) in [6, 6.07) is 19.2. The molecule has 0 aromatic heterocycles. The molecule has 0 bridgehead atoms. The molecule has 7 nitrogen and oxygen atoms in total. The Morgan fingerprint density at radius 3 is 2.21 bits per heavy atom. The van der Waals surface area contributed by atoms with Gasteiger partial charge in [-0.3, -0.25) is 4.79 Å². The Balaban J connectivity index is 1.86. The molecule has 3 rings (SSSR count). The summed E-state index contributed by atoms with van der Waals surface area (Å²) < 4.78 is 39.4. The lowest BCUT2D eigenvalue weighted by Crippen LogP contribution is -2.48. The Hall–Kier alpha value is -3.07. The molecule has 34 heavy (non-hydrogen) atoms. The quantitative estimate of drug-likeness (QED) is 0.435. The van der Waals surface area contributed by atoms with Crippen LogP contribution >= 0.6 is 11.6 Å². The summed E-state index contributed by atoms with van der Waals surface area (Å²) in [5.74, 6) is 0.220.